The van der Waals surface area contributed by atoms with Crippen LogP contribution in [0.15, 0.2) is 24.3 Å². The van der Waals surface area contributed by atoms with Crippen LogP contribution in [0.25, 0.3) is 15.5 Å². The van der Waals surface area contributed by atoms with Crippen LogP contribution in [0.3, 0.4) is 0 Å². The number of aromatic nitrogens is 4. The quantitative estimate of drug-likeness (QED) is 0.729. The van der Waals surface area contributed by atoms with Gasteiger partial charge >= 0.3 is 0 Å². The maximum atomic E-state index is 5.59. The van der Waals surface area contributed by atoms with Crippen molar-refractivity contribution in [2.75, 3.05) is 26.7 Å². The fourth-order valence-electron chi connectivity index (χ4n) is 3.16. The number of hydrogen-bond acceptors (Lipinski definition) is 6. The Morgan fingerprint density at radius 2 is 2.08 bits per heavy atom. The summed E-state index contributed by atoms with van der Waals surface area (Å²) in [5.74, 6) is 2.32. The van der Waals surface area contributed by atoms with Gasteiger partial charge in [-0.2, -0.15) is 9.61 Å². The van der Waals surface area contributed by atoms with Crippen LogP contribution in [0.4, 0.5) is 0 Å². The van der Waals surface area contributed by atoms with Crippen molar-refractivity contribution in [3.63, 3.8) is 0 Å². The first kappa shape index (κ1) is 15.5. The average Bonchev–Trinajstić information content (AvgIpc) is 3.17. The van der Waals surface area contributed by atoms with Gasteiger partial charge in [0, 0.05) is 11.5 Å². The van der Waals surface area contributed by atoms with Gasteiger partial charge in [-0.15, -0.1) is 10.2 Å². The van der Waals surface area contributed by atoms with Gasteiger partial charge < -0.3 is 9.64 Å². The van der Waals surface area contributed by atoms with Crippen LogP contribution in [-0.2, 0) is 0 Å². The Morgan fingerprint density at radius 1 is 1.25 bits per heavy atom. The third kappa shape index (κ3) is 2.89. The van der Waals surface area contributed by atoms with E-state index in [0.717, 1.165) is 53.0 Å². The predicted octanol–water partition coefficient (Wildman–Crippen LogP) is 3.06. The molecule has 3 heterocycles. The van der Waals surface area contributed by atoms with E-state index >= 15 is 0 Å². The van der Waals surface area contributed by atoms with Crippen LogP contribution in [0.1, 0.15) is 31.5 Å². The molecule has 0 unspecified atom stereocenters. The van der Waals surface area contributed by atoms with E-state index in [9.17, 15) is 0 Å². The standard InChI is InChI=1S/C17H21N5OS/c1-3-23-14-6-4-5-13(11-14)16-20-22-15(18-19-17(22)24-16)12-7-9-21(2)10-8-12/h4-6,11-12H,3,7-10H2,1-2H3. The number of fused-ring (bicyclic) bond motifs is 1. The van der Waals surface area contributed by atoms with Crippen LogP contribution < -0.4 is 4.74 Å². The summed E-state index contributed by atoms with van der Waals surface area (Å²) in [6, 6.07) is 8.06. The molecular weight excluding hydrogens is 322 g/mol. The lowest BCUT2D eigenvalue weighted by molar-refractivity contribution is 0.250. The van der Waals surface area contributed by atoms with Crippen LogP contribution in [0.2, 0.25) is 0 Å². The van der Waals surface area contributed by atoms with Gasteiger partial charge in [0.2, 0.25) is 4.96 Å². The molecule has 126 valence electrons. The van der Waals surface area contributed by atoms with E-state index < -0.39 is 0 Å². The van der Waals surface area contributed by atoms with Crippen molar-refractivity contribution >= 4 is 16.3 Å². The van der Waals surface area contributed by atoms with Crippen LogP contribution >= 0.6 is 11.3 Å². The second kappa shape index (κ2) is 6.49. The van der Waals surface area contributed by atoms with Gasteiger partial charge in [-0.1, -0.05) is 23.5 Å². The fourth-order valence-corrected chi connectivity index (χ4v) is 4.00. The van der Waals surface area contributed by atoms with Crippen molar-refractivity contribution < 1.29 is 4.74 Å². The first-order chi connectivity index (χ1) is 11.7. The Morgan fingerprint density at radius 3 is 2.88 bits per heavy atom. The second-order valence-electron chi connectivity index (χ2n) is 6.20. The number of benzene rings is 1. The molecule has 0 bridgehead atoms. The van der Waals surface area contributed by atoms with Crippen molar-refractivity contribution in [1.82, 2.24) is 24.7 Å². The van der Waals surface area contributed by atoms with E-state index in [0.29, 0.717) is 12.5 Å². The summed E-state index contributed by atoms with van der Waals surface area (Å²) in [6.45, 7) is 4.86. The predicted molar refractivity (Wildman–Crippen MR) is 94.7 cm³/mol. The largest absolute Gasteiger partial charge is 0.494 e. The molecule has 0 aliphatic carbocycles. The zero-order valence-electron chi connectivity index (χ0n) is 14.0. The Balaban J connectivity index is 1.65. The molecule has 3 aromatic rings. The summed E-state index contributed by atoms with van der Waals surface area (Å²) in [5.41, 5.74) is 1.06. The lowest BCUT2D eigenvalue weighted by Gasteiger charge is -2.27. The lowest BCUT2D eigenvalue weighted by atomic mass is 9.96. The molecule has 1 fully saturated rings. The van der Waals surface area contributed by atoms with E-state index in [2.05, 4.69) is 28.2 Å². The number of piperidine rings is 1. The highest BCUT2D eigenvalue weighted by Gasteiger charge is 2.24. The Labute approximate surface area is 145 Å². The Bertz CT molecular complexity index is 834. The van der Waals surface area contributed by atoms with E-state index in [1.54, 1.807) is 11.3 Å². The van der Waals surface area contributed by atoms with Crippen molar-refractivity contribution in [3.8, 4) is 16.3 Å². The molecule has 1 saturated heterocycles. The topological polar surface area (TPSA) is 55.6 Å². The van der Waals surface area contributed by atoms with Gasteiger partial charge in [0.1, 0.15) is 10.8 Å². The van der Waals surface area contributed by atoms with Gasteiger partial charge in [0.25, 0.3) is 0 Å². The van der Waals surface area contributed by atoms with Crippen molar-refractivity contribution in [2.45, 2.75) is 25.7 Å². The summed E-state index contributed by atoms with van der Waals surface area (Å²) < 4.78 is 7.52. The van der Waals surface area contributed by atoms with E-state index in [1.807, 2.05) is 29.6 Å². The molecular formula is C17H21N5OS. The third-order valence-electron chi connectivity index (χ3n) is 4.49. The minimum absolute atomic E-state index is 0.445. The summed E-state index contributed by atoms with van der Waals surface area (Å²) in [4.78, 5) is 3.22. The van der Waals surface area contributed by atoms with E-state index in [1.165, 1.54) is 0 Å². The maximum Gasteiger partial charge on any atom is 0.234 e. The van der Waals surface area contributed by atoms with Crippen molar-refractivity contribution in [2.24, 2.45) is 0 Å². The number of hydrogen-bond donors (Lipinski definition) is 0. The number of rotatable bonds is 4. The van der Waals surface area contributed by atoms with Gasteiger partial charge in [0.05, 0.1) is 6.61 Å². The number of ether oxygens (including phenoxy) is 1. The van der Waals surface area contributed by atoms with Crippen molar-refractivity contribution in [3.05, 3.63) is 30.1 Å². The highest BCUT2D eigenvalue weighted by molar-refractivity contribution is 7.19. The van der Waals surface area contributed by atoms with Gasteiger partial charge in [-0.25, -0.2) is 0 Å². The molecule has 0 atom stereocenters. The zero-order chi connectivity index (χ0) is 16.5. The minimum atomic E-state index is 0.445. The molecule has 0 radical (unpaired) electrons. The monoisotopic (exact) mass is 343 g/mol. The van der Waals surface area contributed by atoms with E-state index in [-0.39, 0.29) is 0 Å². The SMILES string of the molecule is CCOc1cccc(-c2nn3c(C4CCN(C)CC4)nnc3s2)c1. The molecule has 7 heteroatoms. The van der Waals surface area contributed by atoms with Gasteiger partial charge in [-0.05, 0) is 52.0 Å². The molecule has 0 amide bonds. The smallest absolute Gasteiger partial charge is 0.234 e. The summed E-state index contributed by atoms with van der Waals surface area (Å²) in [5, 5.41) is 14.5. The van der Waals surface area contributed by atoms with E-state index in [4.69, 9.17) is 9.84 Å². The maximum absolute atomic E-state index is 5.59. The molecule has 0 saturated carbocycles. The molecule has 0 N–H and O–H groups in total. The zero-order valence-corrected chi connectivity index (χ0v) is 14.8. The Kier molecular flexibility index (Phi) is 4.20. The van der Waals surface area contributed by atoms with Crippen LogP contribution in [0.5, 0.6) is 5.75 Å². The normalized spacial score (nSPS) is 16.8. The highest BCUT2D eigenvalue weighted by Crippen LogP contribution is 2.31. The third-order valence-corrected chi connectivity index (χ3v) is 5.44. The van der Waals surface area contributed by atoms with Gasteiger partial charge in [0.15, 0.2) is 5.82 Å². The molecule has 6 nitrogen and oxygen atoms in total. The molecule has 0 spiro atoms. The number of nitrogens with zero attached hydrogens (tertiary/aromatic N) is 5. The van der Waals surface area contributed by atoms with Crippen LogP contribution in [0, 0.1) is 0 Å². The lowest BCUT2D eigenvalue weighted by Crippen LogP contribution is -2.30. The fraction of sp³-hybridized carbons (Fsp3) is 0.471. The molecule has 1 aliphatic heterocycles. The van der Waals surface area contributed by atoms with Crippen molar-refractivity contribution in [1.29, 1.82) is 0 Å². The molecule has 24 heavy (non-hydrogen) atoms. The minimum Gasteiger partial charge on any atom is -0.494 e. The average molecular weight is 343 g/mol. The number of likely N-dealkylation sites (tertiary alicyclic amines) is 1. The molecule has 1 aromatic carbocycles. The second-order valence-corrected chi connectivity index (χ2v) is 7.15. The summed E-state index contributed by atoms with van der Waals surface area (Å²) in [7, 11) is 2.17. The summed E-state index contributed by atoms with van der Waals surface area (Å²) >= 11 is 1.57. The molecule has 2 aromatic heterocycles. The first-order valence-electron chi connectivity index (χ1n) is 8.38. The molecule has 1 aliphatic rings. The molecule has 4 rings (SSSR count). The summed E-state index contributed by atoms with van der Waals surface area (Å²) in [6.07, 6.45) is 2.23. The Hall–Kier alpha value is -1.99. The van der Waals surface area contributed by atoms with Crippen LogP contribution in [-0.4, -0.2) is 51.5 Å². The highest BCUT2D eigenvalue weighted by atomic mass is 32.1. The van der Waals surface area contributed by atoms with Gasteiger partial charge in [-0.3, -0.25) is 0 Å². The first-order valence-corrected chi connectivity index (χ1v) is 9.20.